The molecule has 0 atom stereocenters. The molecule has 82 valence electrons. The molecule has 0 aliphatic carbocycles. The van der Waals surface area contributed by atoms with Crippen LogP contribution in [0.25, 0.3) is 0 Å². The molecule has 0 saturated heterocycles. The van der Waals surface area contributed by atoms with Gasteiger partial charge in [-0.2, -0.15) is 0 Å². The number of anilines is 3. The zero-order valence-electron chi connectivity index (χ0n) is 8.77. The van der Waals surface area contributed by atoms with E-state index in [1.807, 2.05) is 24.5 Å². The van der Waals surface area contributed by atoms with Gasteiger partial charge in [-0.25, -0.2) is 4.98 Å². The molecule has 0 aliphatic rings. The molecule has 0 aromatic carbocycles. The Bertz CT molecular complexity index is 487. The largest absolute Gasteiger partial charge is 0.761 e. The van der Waals surface area contributed by atoms with Crippen LogP contribution in [-0.4, -0.2) is 9.97 Å². The fraction of sp³-hybridized carbons (Fsp3) is 0.0909. The first-order valence-corrected chi connectivity index (χ1v) is 4.82. The van der Waals surface area contributed by atoms with Gasteiger partial charge in [-0.05, 0) is 25.1 Å². The van der Waals surface area contributed by atoms with E-state index >= 15 is 0 Å². The fourth-order valence-electron chi connectivity index (χ4n) is 1.33. The minimum Gasteiger partial charge on any atom is -0.761 e. The highest BCUT2D eigenvalue weighted by Gasteiger charge is 1.97. The minimum absolute atomic E-state index is 0.475. The first-order chi connectivity index (χ1) is 7.78. The van der Waals surface area contributed by atoms with Crippen molar-refractivity contribution in [1.82, 2.24) is 9.97 Å². The van der Waals surface area contributed by atoms with Crippen molar-refractivity contribution in [3.8, 4) is 0 Å². The van der Waals surface area contributed by atoms with Gasteiger partial charge in [0.1, 0.15) is 5.82 Å². The maximum atomic E-state index is 10.5. The Hall–Kier alpha value is -2.14. The monoisotopic (exact) mass is 215 g/mol. The van der Waals surface area contributed by atoms with Crippen LogP contribution in [0, 0.1) is 12.1 Å². The third-order valence-corrected chi connectivity index (χ3v) is 2.05. The van der Waals surface area contributed by atoms with Crippen LogP contribution >= 0.6 is 0 Å². The van der Waals surface area contributed by atoms with E-state index in [0.29, 0.717) is 11.5 Å². The van der Waals surface area contributed by atoms with Crippen molar-refractivity contribution >= 4 is 17.2 Å². The molecule has 2 aromatic rings. The van der Waals surface area contributed by atoms with E-state index in [1.54, 1.807) is 24.5 Å². The summed E-state index contributed by atoms with van der Waals surface area (Å²) < 4.78 is 0. The molecular formula is C11H11N4O-. The molecule has 0 fully saturated rings. The molecule has 2 rings (SSSR count). The molecule has 2 aromatic heterocycles. The Morgan fingerprint density at radius 2 is 1.81 bits per heavy atom. The lowest BCUT2D eigenvalue weighted by atomic mass is 10.3. The topological polar surface area (TPSA) is 72.9 Å². The van der Waals surface area contributed by atoms with Crippen LogP contribution < -0.4 is 10.8 Å². The Morgan fingerprint density at radius 1 is 1.06 bits per heavy atom. The maximum Gasteiger partial charge on any atom is 0.132 e. The number of hydrogen-bond acceptors (Lipinski definition) is 5. The summed E-state index contributed by atoms with van der Waals surface area (Å²) in [6.45, 7) is 1.91. The SMILES string of the molecule is Cc1cc(Nc2cc(N[O-])ccn2)ccn1. The lowest BCUT2D eigenvalue weighted by molar-refractivity contribution is 1.20. The number of nitrogens with one attached hydrogen (secondary N) is 2. The van der Waals surface area contributed by atoms with Gasteiger partial charge in [-0.15, -0.1) is 0 Å². The van der Waals surface area contributed by atoms with E-state index in [9.17, 15) is 5.21 Å². The zero-order valence-corrected chi connectivity index (χ0v) is 8.77. The van der Waals surface area contributed by atoms with Gasteiger partial charge in [0.25, 0.3) is 0 Å². The quantitative estimate of drug-likeness (QED) is 0.769. The summed E-state index contributed by atoms with van der Waals surface area (Å²) in [6.07, 6.45) is 3.28. The summed E-state index contributed by atoms with van der Waals surface area (Å²) in [5.74, 6) is 0.617. The van der Waals surface area contributed by atoms with Crippen molar-refractivity contribution in [2.75, 3.05) is 10.8 Å². The Morgan fingerprint density at radius 3 is 2.56 bits per heavy atom. The third-order valence-electron chi connectivity index (χ3n) is 2.05. The molecule has 2 heterocycles. The second-order valence-corrected chi connectivity index (χ2v) is 3.34. The summed E-state index contributed by atoms with van der Waals surface area (Å²) >= 11 is 0. The summed E-state index contributed by atoms with van der Waals surface area (Å²) in [7, 11) is 0. The Balaban J connectivity index is 2.20. The molecule has 5 heteroatoms. The number of rotatable bonds is 3. The zero-order chi connectivity index (χ0) is 11.4. The molecule has 0 bridgehead atoms. The minimum atomic E-state index is 0.475. The average Bonchev–Trinajstić information content (AvgIpc) is 2.29. The van der Waals surface area contributed by atoms with Crippen molar-refractivity contribution in [1.29, 1.82) is 0 Å². The normalized spacial score (nSPS) is 9.88. The van der Waals surface area contributed by atoms with Gasteiger partial charge in [-0.1, -0.05) is 0 Å². The molecule has 5 nitrogen and oxygen atoms in total. The number of hydrogen-bond donors (Lipinski definition) is 2. The van der Waals surface area contributed by atoms with Crippen LogP contribution in [0.15, 0.2) is 36.7 Å². The number of aromatic nitrogens is 2. The Labute approximate surface area is 93.1 Å². The number of pyridine rings is 2. The highest BCUT2D eigenvalue weighted by atomic mass is 16.5. The lowest BCUT2D eigenvalue weighted by Gasteiger charge is -2.11. The highest BCUT2D eigenvalue weighted by Crippen LogP contribution is 2.17. The highest BCUT2D eigenvalue weighted by molar-refractivity contribution is 5.60. The van der Waals surface area contributed by atoms with Crippen molar-refractivity contribution in [3.05, 3.63) is 47.6 Å². The van der Waals surface area contributed by atoms with Crippen LogP contribution in [-0.2, 0) is 0 Å². The molecule has 0 unspecified atom stereocenters. The van der Waals surface area contributed by atoms with Crippen molar-refractivity contribution in [3.63, 3.8) is 0 Å². The summed E-state index contributed by atoms with van der Waals surface area (Å²) in [5, 5.41) is 13.6. The van der Waals surface area contributed by atoms with Gasteiger partial charge in [0.15, 0.2) is 0 Å². The summed E-state index contributed by atoms with van der Waals surface area (Å²) in [6, 6.07) is 6.99. The van der Waals surface area contributed by atoms with Crippen molar-refractivity contribution in [2.24, 2.45) is 0 Å². The van der Waals surface area contributed by atoms with Gasteiger partial charge in [0.05, 0.1) is 0 Å². The van der Waals surface area contributed by atoms with E-state index in [-0.39, 0.29) is 0 Å². The molecule has 0 spiro atoms. The van der Waals surface area contributed by atoms with Crippen molar-refractivity contribution < 1.29 is 0 Å². The first-order valence-electron chi connectivity index (χ1n) is 4.82. The standard InChI is InChI=1S/C11H11N4O/c1-8-6-9(2-4-12-8)14-11-7-10(15-16)3-5-13-11/h2-7H,1H3,(H2-,12,13,14,15,16)/q-1. The Kier molecular flexibility index (Phi) is 2.98. The summed E-state index contributed by atoms with van der Waals surface area (Å²) in [4.78, 5) is 8.19. The summed E-state index contributed by atoms with van der Waals surface area (Å²) in [5.41, 5.74) is 4.11. The molecule has 0 saturated carbocycles. The van der Waals surface area contributed by atoms with E-state index in [4.69, 9.17) is 0 Å². The van der Waals surface area contributed by atoms with E-state index < -0.39 is 0 Å². The van der Waals surface area contributed by atoms with E-state index in [0.717, 1.165) is 11.4 Å². The van der Waals surface area contributed by atoms with Crippen LogP contribution in [0.2, 0.25) is 0 Å². The van der Waals surface area contributed by atoms with E-state index in [2.05, 4.69) is 15.3 Å². The molecule has 0 amide bonds. The second-order valence-electron chi connectivity index (χ2n) is 3.34. The van der Waals surface area contributed by atoms with Crippen molar-refractivity contribution in [2.45, 2.75) is 6.92 Å². The maximum absolute atomic E-state index is 10.5. The number of nitrogens with zero attached hydrogens (tertiary/aromatic N) is 2. The lowest BCUT2D eigenvalue weighted by Crippen LogP contribution is -1.95. The smallest absolute Gasteiger partial charge is 0.132 e. The van der Waals surface area contributed by atoms with Gasteiger partial charge in [0.2, 0.25) is 0 Å². The van der Waals surface area contributed by atoms with Gasteiger partial charge >= 0.3 is 0 Å². The number of aryl methyl sites for hydroxylation is 1. The van der Waals surface area contributed by atoms with Crippen LogP contribution in [0.1, 0.15) is 5.69 Å². The molecule has 2 N–H and O–H groups in total. The molecule has 16 heavy (non-hydrogen) atoms. The van der Waals surface area contributed by atoms with Gasteiger partial charge in [-0.3, -0.25) is 4.98 Å². The van der Waals surface area contributed by atoms with Gasteiger partial charge in [0, 0.05) is 35.5 Å². The molecular weight excluding hydrogens is 204 g/mol. The van der Waals surface area contributed by atoms with Crippen LogP contribution in [0.3, 0.4) is 0 Å². The molecule has 0 radical (unpaired) electrons. The van der Waals surface area contributed by atoms with E-state index in [1.165, 1.54) is 0 Å². The third kappa shape index (κ3) is 2.46. The van der Waals surface area contributed by atoms with Crippen LogP contribution in [0.4, 0.5) is 17.2 Å². The molecule has 0 aliphatic heterocycles. The predicted molar refractivity (Wildman–Crippen MR) is 63.5 cm³/mol. The van der Waals surface area contributed by atoms with Crippen LogP contribution in [0.5, 0.6) is 0 Å². The predicted octanol–water partition coefficient (Wildman–Crippen LogP) is 2.44. The fourth-order valence-corrected chi connectivity index (χ4v) is 1.33. The second kappa shape index (κ2) is 4.59. The van der Waals surface area contributed by atoms with Gasteiger partial charge < -0.3 is 16.0 Å². The first kappa shape index (κ1) is 10.4. The average molecular weight is 215 g/mol.